The molecule has 20 heavy (non-hydrogen) atoms. The fourth-order valence-corrected chi connectivity index (χ4v) is 2.74. The lowest BCUT2D eigenvalue weighted by molar-refractivity contribution is 0.0366. The Labute approximate surface area is 127 Å². The zero-order valence-corrected chi connectivity index (χ0v) is 14.0. The van der Waals surface area contributed by atoms with Crippen molar-refractivity contribution in [3.8, 4) is 0 Å². The summed E-state index contributed by atoms with van der Waals surface area (Å²) >= 11 is 0. The maximum Gasteiger partial charge on any atom is 0.0619 e. The van der Waals surface area contributed by atoms with Gasteiger partial charge in [0.2, 0.25) is 0 Å². The molecule has 0 radical (unpaired) electrons. The minimum absolute atomic E-state index is 0.334. The first-order valence-corrected chi connectivity index (χ1v) is 8.95. The van der Waals surface area contributed by atoms with E-state index in [4.69, 9.17) is 5.11 Å². The molecule has 0 aromatic rings. The summed E-state index contributed by atoms with van der Waals surface area (Å²) in [5.74, 6) is 0. The zero-order chi connectivity index (χ0) is 15.1. The van der Waals surface area contributed by atoms with Gasteiger partial charge in [-0.15, -0.1) is 0 Å². The average Bonchev–Trinajstić information content (AvgIpc) is 2.41. The molecular weight excluding hydrogens is 248 g/mol. The molecule has 0 aromatic carbocycles. The Morgan fingerprint density at radius 1 is 0.650 bits per heavy atom. The van der Waals surface area contributed by atoms with E-state index in [0.29, 0.717) is 6.61 Å². The van der Waals surface area contributed by atoms with E-state index in [0.717, 1.165) is 32.1 Å². The van der Waals surface area contributed by atoms with Crippen LogP contribution in [0, 0.1) is 0 Å². The molecule has 0 bridgehead atoms. The van der Waals surface area contributed by atoms with Gasteiger partial charge in [-0.25, -0.2) is 0 Å². The molecule has 122 valence electrons. The van der Waals surface area contributed by atoms with Gasteiger partial charge in [0, 0.05) is 6.61 Å². The Bertz CT molecular complexity index is 190. The molecule has 0 spiro atoms. The number of aliphatic hydroxyl groups excluding tert-OH is 1. The molecule has 0 aliphatic carbocycles. The lowest BCUT2D eigenvalue weighted by atomic mass is 9.91. The largest absolute Gasteiger partial charge is 0.396 e. The van der Waals surface area contributed by atoms with E-state index in [-0.39, 0.29) is 0 Å². The molecule has 0 aliphatic rings. The van der Waals surface area contributed by atoms with E-state index in [1.165, 1.54) is 57.8 Å². The molecule has 0 heterocycles. The molecule has 0 fully saturated rings. The van der Waals surface area contributed by atoms with Crippen molar-refractivity contribution in [2.45, 2.75) is 109 Å². The first kappa shape index (κ1) is 19.9. The molecule has 2 heteroatoms. The molecule has 2 N–H and O–H groups in total. The smallest absolute Gasteiger partial charge is 0.0619 e. The van der Waals surface area contributed by atoms with Gasteiger partial charge in [-0.2, -0.15) is 0 Å². The highest BCUT2D eigenvalue weighted by atomic mass is 16.3. The number of hydrogen-bond donors (Lipinski definition) is 2. The second kappa shape index (κ2) is 13.9. The monoisotopic (exact) mass is 286 g/mol. The van der Waals surface area contributed by atoms with E-state index in [1.54, 1.807) is 0 Å². The normalized spacial score (nSPS) is 14.4. The van der Waals surface area contributed by atoms with Gasteiger partial charge in [-0.1, -0.05) is 77.6 Å². The standard InChI is InChI=1S/C18H38O2/c1-3-4-5-9-12-15-18(2,20)16-13-10-7-6-8-11-14-17-19/h19-20H,3-17H2,1-2H3. The van der Waals surface area contributed by atoms with E-state index < -0.39 is 5.60 Å². The molecule has 0 aromatic heterocycles. The lowest BCUT2D eigenvalue weighted by Gasteiger charge is -2.23. The topological polar surface area (TPSA) is 40.5 Å². The zero-order valence-electron chi connectivity index (χ0n) is 14.0. The van der Waals surface area contributed by atoms with Crippen LogP contribution < -0.4 is 0 Å². The highest BCUT2D eigenvalue weighted by Crippen LogP contribution is 2.22. The van der Waals surface area contributed by atoms with Crippen LogP contribution in [-0.4, -0.2) is 22.4 Å². The second-order valence-electron chi connectivity index (χ2n) is 6.61. The Kier molecular flexibility index (Phi) is 13.8. The third kappa shape index (κ3) is 14.3. The van der Waals surface area contributed by atoms with Crippen molar-refractivity contribution in [3.63, 3.8) is 0 Å². The van der Waals surface area contributed by atoms with Gasteiger partial charge in [0.25, 0.3) is 0 Å². The summed E-state index contributed by atoms with van der Waals surface area (Å²) in [6.07, 6.45) is 16.6. The van der Waals surface area contributed by atoms with Crippen molar-refractivity contribution in [2.24, 2.45) is 0 Å². The van der Waals surface area contributed by atoms with Crippen LogP contribution in [0.4, 0.5) is 0 Å². The van der Waals surface area contributed by atoms with Gasteiger partial charge in [-0.05, 0) is 26.2 Å². The lowest BCUT2D eigenvalue weighted by Crippen LogP contribution is -2.23. The minimum Gasteiger partial charge on any atom is -0.396 e. The van der Waals surface area contributed by atoms with Crippen LogP contribution in [0.25, 0.3) is 0 Å². The van der Waals surface area contributed by atoms with Gasteiger partial charge < -0.3 is 10.2 Å². The van der Waals surface area contributed by atoms with Crippen LogP contribution in [-0.2, 0) is 0 Å². The van der Waals surface area contributed by atoms with Gasteiger partial charge in [0.05, 0.1) is 5.60 Å². The summed E-state index contributed by atoms with van der Waals surface area (Å²) < 4.78 is 0. The number of aliphatic hydroxyl groups is 2. The SMILES string of the molecule is CCCCCCCC(C)(O)CCCCCCCCCO. The summed E-state index contributed by atoms with van der Waals surface area (Å²) in [6, 6.07) is 0. The van der Waals surface area contributed by atoms with Crippen LogP contribution in [0.2, 0.25) is 0 Å². The molecule has 0 saturated heterocycles. The predicted octanol–water partition coefficient (Wildman–Crippen LogP) is 5.21. The van der Waals surface area contributed by atoms with Crippen LogP contribution in [0.1, 0.15) is 104 Å². The highest BCUT2D eigenvalue weighted by Gasteiger charge is 2.18. The van der Waals surface area contributed by atoms with Gasteiger partial charge in [0.1, 0.15) is 0 Å². The summed E-state index contributed by atoms with van der Waals surface area (Å²) in [5.41, 5.74) is -0.441. The molecule has 1 unspecified atom stereocenters. The van der Waals surface area contributed by atoms with E-state index in [2.05, 4.69) is 6.92 Å². The summed E-state index contributed by atoms with van der Waals surface area (Å²) in [4.78, 5) is 0. The molecule has 0 aliphatic heterocycles. The van der Waals surface area contributed by atoms with Crippen LogP contribution in [0.15, 0.2) is 0 Å². The van der Waals surface area contributed by atoms with Crippen LogP contribution >= 0.6 is 0 Å². The van der Waals surface area contributed by atoms with Gasteiger partial charge >= 0.3 is 0 Å². The minimum atomic E-state index is -0.441. The number of rotatable bonds is 15. The number of unbranched alkanes of at least 4 members (excludes halogenated alkanes) is 10. The molecule has 0 saturated carbocycles. The second-order valence-corrected chi connectivity index (χ2v) is 6.61. The van der Waals surface area contributed by atoms with Crippen molar-refractivity contribution >= 4 is 0 Å². The first-order chi connectivity index (χ1) is 9.62. The Balaban J connectivity index is 3.33. The Morgan fingerprint density at radius 3 is 1.50 bits per heavy atom. The molecular formula is C18H38O2. The van der Waals surface area contributed by atoms with E-state index >= 15 is 0 Å². The highest BCUT2D eigenvalue weighted by molar-refractivity contribution is 4.72. The van der Waals surface area contributed by atoms with E-state index in [9.17, 15) is 5.11 Å². The molecule has 0 amide bonds. The van der Waals surface area contributed by atoms with Crippen LogP contribution in [0.3, 0.4) is 0 Å². The predicted molar refractivity (Wildman–Crippen MR) is 88.0 cm³/mol. The van der Waals surface area contributed by atoms with Crippen molar-refractivity contribution in [3.05, 3.63) is 0 Å². The van der Waals surface area contributed by atoms with Crippen molar-refractivity contribution in [2.75, 3.05) is 6.61 Å². The molecule has 2 nitrogen and oxygen atoms in total. The fraction of sp³-hybridized carbons (Fsp3) is 1.00. The quantitative estimate of drug-likeness (QED) is 0.406. The maximum atomic E-state index is 10.3. The van der Waals surface area contributed by atoms with Crippen molar-refractivity contribution in [1.29, 1.82) is 0 Å². The third-order valence-corrected chi connectivity index (χ3v) is 4.19. The number of hydrogen-bond acceptors (Lipinski definition) is 2. The fourth-order valence-electron chi connectivity index (χ4n) is 2.74. The van der Waals surface area contributed by atoms with Crippen LogP contribution in [0.5, 0.6) is 0 Å². The van der Waals surface area contributed by atoms with Gasteiger partial charge in [0.15, 0.2) is 0 Å². The third-order valence-electron chi connectivity index (χ3n) is 4.19. The Morgan fingerprint density at radius 2 is 1.05 bits per heavy atom. The maximum absolute atomic E-state index is 10.3. The summed E-state index contributed by atoms with van der Waals surface area (Å²) in [5, 5.41) is 19.0. The van der Waals surface area contributed by atoms with Crippen molar-refractivity contribution in [1.82, 2.24) is 0 Å². The first-order valence-electron chi connectivity index (χ1n) is 8.95. The summed E-state index contributed by atoms with van der Waals surface area (Å²) in [7, 11) is 0. The molecule has 0 rings (SSSR count). The van der Waals surface area contributed by atoms with E-state index in [1.807, 2.05) is 6.92 Å². The molecule has 1 atom stereocenters. The van der Waals surface area contributed by atoms with Crippen molar-refractivity contribution < 1.29 is 10.2 Å². The van der Waals surface area contributed by atoms with Gasteiger partial charge in [-0.3, -0.25) is 0 Å². The average molecular weight is 286 g/mol. The summed E-state index contributed by atoms with van der Waals surface area (Å²) in [6.45, 7) is 4.58. The Hall–Kier alpha value is -0.0800.